The van der Waals surface area contributed by atoms with E-state index < -0.39 is 0 Å². The van der Waals surface area contributed by atoms with E-state index >= 15 is 0 Å². The Morgan fingerprint density at radius 1 is 1.33 bits per heavy atom. The molecule has 80 valence electrons. The highest BCUT2D eigenvalue weighted by Gasteiger charge is 2.01. The molecule has 0 aliphatic rings. The van der Waals surface area contributed by atoms with E-state index in [4.69, 9.17) is 4.42 Å². The molecule has 0 fully saturated rings. The molecule has 0 aromatic carbocycles. The van der Waals surface area contributed by atoms with Crippen molar-refractivity contribution in [3.05, 3.63) is 35.9 Å². The molecule has 0 radical (unpaired) electrons. The topological polar surface area (TPSA) is 43.0 Å². The Kier molecular flexibility index (Phi) is 2.76. The fourth-order valence-electron chi connectivity index (χ4n) is 1.43. The number of hydrogen-bond donors (Lipinski definition) is 1. The Bertz CT molecular complexity index is 430. The van der Waals surface area contributed by atoms with Crippen molar-refractivity contribution in [2.24, 2.45) is 7.05 Å². The number of aromatic nitrogens is 2. The maximum Gasteiger partial charge on any atom is 0.124 e. The van der Waals surface area contributed by atoms with Crippen molar-refractivity contribution in [1.29, 1.82) is 0 Å². The average Bonchev–Trinajstić information content (AvgIpc) is 2.84. The monoisotopic (exact) mass is 205 g/mol. The van der Waals surface area contributed by atoms with Crippen LogP contribution in [0.3, 0.4) is 0 Å². The first-order chi connectivity index (χ1) is 7.29. The number of furan rings is 1. The number of nitrogens with one attached hydrogen (secondary N) is 1. The summed E-state index contributed by atoms with van der Waals surface area (Å²) in [6.07, 6.45) is 2.70. The number of hydrogen-bond acceptors (Lipinski definition) is 3. The van der Waals surface area contributed by atoms with Crippen molar-refractivity contribution in [3.8, 4) is 0 Å². The second-order valence-electron chi connectivity index (χ2n) is 3.42. The third-order valence-corrected chi connectivity index (χ3v) is 2.33. The van der Waals surface area contributed by atoms with E-state index in [0.29, 0.717) is 6.54 Å². The lowest BCUT2D eigenvalue weighted by Crippen LogP contribution is -2.03. The molecule has 0 aliphatic carbocycles. The largest absolute Gasteiger partial charge is 0.464 e. The summed E-state index contributed by atoms with van der Waals surface area (Å²) in [5, 5.41) is 7.33. The van der Waals surface area contributed by atoms with Crippen LogP contribution in [0.2, 0.25) is 0 Å². The molecule has 2 heterocycles. The predicted molar refractivity (Wildman–Crippen MR) is 58.6 cm³/mol. The zero-order valence-corrected chi connectivity index (χ0v) is 9.03. The van der Waals surface area contributed by atoms with Crippen molar-refractivity contribution in [1.82, 2.24) is 9.78 Å². The lowest BCUT2D eigenvalue weighted by atomic mass is 10.3. The number of nitrogens with zero attached hydrogens (tertiary/aromatic N) is 2. The van der Waals surface area contributed by atoms with Gasteiger partial charge in [-0.3, -0.25) is 4.68 Å². The van der Waals surface area contributed by atoms with Crippen LogP contribution in [0, 0.1) is 0 Å². The van der Waals surface area contributed by atoms with E-state index in [0.717, 1.165) is 23.8 Å². The van der Waals surface area contributed by atoms with Crippen molar-refractivity contribution in [2.75, 3.05) is 5.32 Å². The quantitative estimate of drug-likeness (QED) is 0.832. The van der Waals surface area contributed by atoms with Gasteiger partial charge in [-0.2, -0.15) is 5.10 Å². The van der Waals surface area contributed by atoms with E-state index in [1.54, 1.807) is 10.9 Å². The van der Waals surface area contributed by atoms with Gasteiger partial charge in [0.15, 0.2) is 0 Å². The molecule has 2 aromatic rings. The molecule has 0 aliphatic heterocycles. The van der Waals surface area contributed by atoms with E-state index in [9.17, 15) is 0 Å². The third kappa shape index (κ3) is 2.21. The Morgan fingerprint density at radius 2 is 2.13 bits per heavy atom. The van der Waals surface area contributed by atoms with Gasteiger partial charge in [-0.1, -0.05) is 6.92 Å². The van der Waals surface area contributed by atoms with Crippen molar-refractivity contribution < 1.29 is 4.42 Å². The average molecular weight is 205 g/mol. The molecular weight excluding hydrogens is 190 g/mol. The molecule has 0 saturated heterocycles. The molecule has 0 saturated carbocycles. The maximum atomic E-state index is 5.58. The number of aryl methyl sites for hydroxylation is 2. The van der Waals surface area contributed by atoms with E-state index in [2.05, 4.69) is 17.3 Å². The molecule has 1 N–H and O–H groups in total. The summed E-state index contributed by atoms with van der Waals surface area (Å²) in [6.45, 7) is 2.77. The zero-order valence-electron chi connectivity index (χ0n) is 9.03. The van der Waals surface area contributed by atoms with Crippen LogP contribution < -0.4 is 5.32 Å². The molecule has 0 amide bonds. The Morgan fingerprint density at radius 3 is 2.73 bits per heavy atom. The summed E-state index contributed by atoms with van der Waals surface area (Å²) >= 11 is 0. The lowest BCUT2D eigenvalue weighted by molar-refractivity contribution is 0.475. The second-order valence-corrected chi connectivity index (χ2v) is 3.42. The highest BCUT2D eigenvalue weighted by atomic mass is 16.3. The van der Waals surface area contributed by atoms with Gasteiger partial charge in [-0.05, 0) is 12.1 Å². The first kappa shape index (κ1) is 9.83. The molecule has 0 bridgehead atoms. The minimum atomic E-state index is 0.694. The van der Waals surface area contributed by atoms with Gasteiger partial charge in [0.1, 0.15) is 17.3 Å². The molecule has 4 nitrogen and oxygen atoms in total. The molecule has 15 heavy (non-hydrogen) atoms. The van der Waals surface area contributed by atoms with Crippen LogP contribution in [-0.4, -0.2) is 9.78 Å². The standard InChI is InChI=1S/C11H15N3O/c1-3-9-4-5-10(15-9)8-12-11-6-7-13-14(11)2/h4-7,12H,3,8H2,1-2H3. The first-order valence-corrected chi connectivity index (χ1v) is 5.09. The van der Waals surface area contributed by atoms with Gasteiger partial charge >= 0.3 is 0 Å². The predicted octanol–water partition coefficient (Wildman–Crippen LogP) is 2.19. The fourth-order valence-corrected chi connectivity index (χ4v) is 1.43. The molecule has 0 spiro atoms. The minimum absolute atomic E-state index is 0.694. The Balaban J connectivity index is 1.96. The normalized spacial score (nSPS) is 10.5. The van der Waals surface area contributed by atoms with E-state index in [-0.39, 0.29) is 0 Å². The fraction of sp³-hybridized carbons (Fsp3) is 0.364. The van der Waals surface area contributed by atoms with Gasteiger partial charge in [-0.25, -0.2) is 0 Å². The highest BCUT2D eigenvalue weighted by molar-refractivity contribution is 5.33. The summed E-state index contributed by atoms with van der Waals surface area (Å²) < 4.78 is 7.37. The smallest absolute Gasteiger partial charge is 0.124 e. The minimum Gasteiger partial charge on any atom is -0.464 e. The van der Waals surface area contributed by atoms with E-state index in [1.165, 1.54) is 0 Å². The third-order valence-electron chi connectivity index (χ3n) is 2.33. The lowest BCUT2D eigenvalue weighted by Gasteiger charge is -2.03. The van der Waals surface area contributed by atoms with Gasteiger partial charge in [0.2, 0.25) is 0 Å². The Hall–Kier alpha value is -1.71. The van der Waals surface area contributed by atoms with Gasteiger partial charge in [0, 0.05) is 19.5 Å². The summed E-state index contributed by atoms with van der Waals surface area (Å²) in [7, 11) is 1.90. The molecule has 0 atom stereocenters. The summed E-state index contributed by atoms with van der Waals surface area (Å²) in [5.41, 5.74) is 0. The number of rotatable bonds is 4. The second kappa shape index (κ2) is 4.21. The van der Waals surface area contributed by atoms with Crippen LogP contribution in [0.15, 0.2) is 28.8 Å². The summed E-state index contributed by atoms with van der Waals surface area (Å²) in [5.74, 6) is 2.97. The van der Waals surface area contributed by atoms with Gasteiger partial charge in [0.05, 0.1) is 12.7 Å². The van der Waals surface area contributed by atoms with Crippen molar-refractivity contribution in [3.63, 3.8) is 0 Å². The zero-order chi connectivity index (χ0) is 10.7. The molecule has 2 aromatic heterocycles. The van der Waals surface area contributed by atoms with Crippen molar-refractivity contribution >= 4 is 5.82 Å². The molecule has 2 rings (SSSR count). The maximum absolute atomic E-state index is 5.58. The molecule has 4 heteroatoms. The molecular formula is C11H15N3O. The SMILES string of the molecule is CCc1ccc(CNc2ccnn2C)o1. The number of anilines is 1. The van der Waals surface area contributed by atoms with E-state index in [1.807, 2.05) is 25.2 Å². The van der Waals surface area contributed by atoms with Gasteiger partial charge in [0.25, 0.3) is 0 Å². The van der Waals surface area contributed by atoms with Crippen LogP contribution in [0.1, 0.15) is 18.4 Å². The Labute approximate surface area is 88.9 Å². The van der Waals surface area contributed by atoms with Crippen LogP contribution in [0.25, 0.3) is 0 Å². The summed E-state index contributed by atoms with van der Waals surface area (Å²) in [6, 6.07) is 5.95. The van der Waals surface area contributed by atoms with Crippen LogP contribution in [0.4, 0.5) is 5.82 Å². The highest BCUT2D eigenvalue weighted by Crippen LogP contribution is 2.11. The van der Waals surface area contributed by atoms with Crippen LogP contribution in [-0.2, 0) is 20.0 Å². The van der Waals surface area contributed by atoms with Crippen molar-refractivity contribution in [2.45, 2.75) is 19.9 Å². The van der Waals surface area contributed by atoms with Gasteiger partial charge in [-0.15, -0.1) is 0 Å². The van der Waals surface area contributed by atoms with Gasteiger partial charge < -0.3 is 9.73 Å². The van der Waals surface area contributed by atoms with Crippen LogP contribution >= 0.6 is 0 Å². The summed E-state index contributed by atoms with van der Waals surface area (Å²) in [4.78, 5) is 0. The first-order valence-electron chi connectivity index (χ1n) is 5.09. The van der Waals surface area contributed by atoms with Crippen LogP contribution in [0.5, 0.6) is 0 Å². The molecule has 0 unspecified atom stereocenters.